The molecule has 0 unspecified atom stereocenters. The Labute approximate surface area is 184 Å². The summed E-state index contributed by atoms with van der Waals surface area (Å²) in [7, 11) is -3.46. The van der Waals surface area contributed by atoms with Gasteiger partial charge >= 0.3 is 5.97 Å². The lowest BCUT2D eigenvalue weighted by atomic mass is 10.1. The van der Waals surface area contributed by atoms with Crippen molar-refractivity contribution < 1.29 is 22.7 Å². The van der Waals surface area contributed by atoms with Gasteiger partial charge in [0, 0.05) is 18.7 Å². The number of benzene rings is 2. The Bertz CT molecular complexity index is 1020. The van der Waals surface area contributed by atoms with E-state index >= 15 is 0 Å². The number of anilines is 2. The van der Waals surface area contributed by atoms with E-state index in [2.05, 4.69) is 5.32 Å². The number of carbonyl (C=O) groups is 2. The van der Waals surface area contributed by atoms with Gasteiger partial charge in [-0.3, -0.25) is 9.10 Å². The van der Waals surface area contributed by atoms with E-state index in [9.17, 15) is 18.0 Å². The highest BCUT2D eigenvalue weighted by Gasteiger charge is 2.18. The van der Waals surface area contributed by atoms with E-state index in [0.29, 0.717) is 30.0 Å². The number of ether oxygens (including phenoxy) is 1. The molecule has 0 aliphatic rings. The highest BCUT2D eigenvalue weighted by molar-refractivity contribution is 7.92. The molecule has 168 valence electrons. The second-order valence-corrected chi connectivity index (χ2v) is 9.16. The third kappa shape index (κ3) is 7.10. The molecule has 0 radical (unpaired) electrons. The van der Waals surface area contributed by atoms with Crippen molar-refractivity contribution in [1.82, 2.24) is 0 Å². The van der Waals surface area contributed by atoms with Crippen molar-refractivity contribution in [2.45, 2.75) is 40.0 Å². The fraction of sp³-hybridized carbons (Fsp3) is 0.391. The molecule has 0 aliphatic heterocycles. The zero-order chi connectivity index (χ0) is 23.0. The van der Waals surface area contributed by atoms with Gasteiger partial charge < -0.3 is 10.1 Å². The Hall–Kier alpha value is -2.87. The molecule has 0 saturated carbocycles. The van der Waals surface area contributed by atoms with Crippen molar-refractivity contribution in [3.63, 3.8) is 0 Å². The van der Waals surface area contributed by atoms with Gasteiger partial charge in [-0.1, -0.05) is 19.1 Å². The Balaban J connectivity index is 1.97. The first-order chi connectivity index (χ1) is 14.7. The average Bonchev–Trinajstić information content (AvgIpc) is 2.72. The maximum atomic E-state index is 12.4. The molecule has 2 rings (SSSR count). The summed E-state index contributed by atoms with van der Waals surface area (Å²) in [5, 5.41) is 2.82. The third-order valence-electron chi connectivity index (χ3n) is 4.81. The van der Waals surface area contributed by atoms with Crippen LogP contribution in [0, 0.1) is 6.92 Å². The minimum atomic E-state index is -3.46. The van der Waals surface area contributed by atoms with Gasteiger partial charge in [-0.05, 0) is 68.1 Å². The second-order valence-electron chi connectivity index (χ2n) is 7.26. The molecule has 0 aliphatic carbocycles. The molecule has 0 spiro atoms. The number of nitrogens with zero attached hydrogens (tertiary/aromatic N) is 1. The molecule has 2 aromatic carbocycles. The fourth-order valence-electron chi connectivity index (χ4n) is 3.13. The number of nitrogens with one attached hydrogen (secondary N) is 1. The van der Waals surface area contributed by atoms with Gasteiger partial charge in [0.05, 0.1) is 24.1 Å². The molecule has 7 nitrogen and oxygen atoms in total. The number of hydrogen-bond donors (Lipinski definition) is 1. The predicted molar refractivity (Wildman–Crippen MR) is 123 cm³/mol. The van der Waals surface area contributed by atoms with Crippen LogP contribution in [-0.4, -0.2) is 39.7 Å². The second kappa shape index (κ2) is 10.9. The average molecular weight is 447 g/mol. The van der Waals surface area contributed by atoms with Crippen LogP contribution in [0.4, 0.5) is 11.4 Å². The molecule has 0 aromatic heterocycles. The largest absolute Gasteiger partial charge is 0.462 e. The molecule has 1 N–H and O–H groups in total. The van der Waals surface area contributed by atoms with Crippen LogP contribution in [-0.2, 0) is 26.0 Å². The normalized spacial score (nSPS) is 11.1. The first-order valence-electron chi connectivity index (χ1n) is 10.3. The van der Waals surface area contributed by atoms with Gasteiger partial charge in [0.15, 0.2) is 0 Å². The summed E-state index contributed by atoms with van der Waals surface area (Å²) in [5.41, 5.74) is 3.49. The Kier molecular flexibility index (Phi) is 8.62. The minimum Gasteiger partial charge on any atom is -0.462 e. The first kappa shape index (κ1) is 24.4. The minimum absolute atomic E-state index is 0.165. The van der Waals surface area contributed by atoms with E-state index in [1.807, 2.05) is 19.1 Å². The molecule has 0 bridgehead atoms. The van der Waals surface area contributed by atoms with E-state index in [4.69, 9.17) is 4.74 Å². The standard InChI is InChI=1S/C23H30N2O5S/c1-5-18-9-12-20(13-10-18)25(31(4,28)29)15-7-8-22(26)24-21-14-11-19(16-17(21)3)23(27)30-6-2/h9-14,16H,5-8,15H2,1-4H3,(H,24,26). The summed E-state index contributed by atoms with van der Waals surface area (Å²) in [6.07, 6.45) is 2.57. The van der Waals surface area contributed by atoms with Crippen LogP contribution < -0.4 is 9.62 Å². The summed E-state index contributed by atoms with van der Waals surface area (Å²) >= 11 is 0. The quantitative estimate of drug-likeness (QED) is 0.559. The van der Waals surface area contributed by atoms with Crippen LogP contribution in [0.15, 0.2) is 42.5 Å². The van der Waals surface area contributed by atoms with Gasteiger partial charge in [0.25, 0.3) is 0 Å². The molecule has 0 saturated heterocycles. The molecule has 31 heavy (non-hydrogen) atoms. The van der Waals surface area contributed by atoms with Gasteiger partial charge in [-0.15, -0.1) is 0 Å². The fourth-order valence-corrected chi connectivity index (χ4v) is 4.09. The molecule has 8 heteroatoms. The van der Waals surface area contributed by atoms with Crippen molar-refractivity contribution >= 4 is 33.3 Å². The van der Waals surface area contributed by atoms with Crippen LogP contribution in [0.3, 0.4) is 0 Å². The van der Waals surface area contributed by atoms with Gasteiger partial charge in [0.1, 0.15) is 0 Å². The maximum absolute atomic E-state index is 12.4. The topological polar surface area (TPSA) is 92.8 Å². The van der Waals surface area contributed by atoms with Crippen molar-refractivity contribution in [1.29, 1.82) is 0 Å². The zero-order valence-corrected chi connectivity index (χ0v) is 19.3. The molecular formula is C23H30N2O5S. The van der Waals surface area contributed by atoms with Crippen LogP contribution in [0.25, 0.3) is 0 Å². The van der Waals surface area contributed by atoms with Gasteiger partial charge in [-0.2, -0.15) is 0 Å². The zero-order valence-electron chi connectivity index (χ0n) is 18.5. The smallest absolute Gasteiger partial charge is 0.338 e. The first-order valence-corrected chi connectivity index (χ1v) is 12.1. The maximum Gasteiger partial charge on any atom is 0.338 e. The lowest BCUT2D eigenvalue weighted by molar-refractivity contribution is -0.116. The molecule has 1 amide bonds. The van der Waals surface area contributed by atoms with E-state index in [0.717, 1.165) is 23.8 Å². The summed E-state index contributed by atoms with van der Waals surface area (Å²) in [6.45, 7) is 6.07. The molecule has 0 heterocycles. The predicted octanol–water partition coefficient (Wildman–Crippen LogP) is 3.92. The highest BCUT2D eigenvalue weighted by atomic mass is 32.2. The van der Waals surface area contributed by atoms with E-state index < -0.39 is 16.0 Å². The van der Waals surface area contributed by atoms with E-state index in [1.165, 1.54) is 4.31 Å². The van der Waals surface area contributed by atoms with Gasteiger partial charge in [0.2, 0.25) is 15.9 Å². The molecular weight excluding hydrogens is 416 g/mol. The van der Waals surface area contributed by atoms with E-state index in [-0.39, 0.29) is 18.9 Å². The number of aryl methyl sites for hydroxylation is 2. The monoisotopic (exact) mass is 446 g/mol. The van der Waals surface area contributed by atoms with Crippen LogP contribution in [0.2, 0.25) is 0 Å². The summed E-state index contributed by atoms with van der Waals surface area (Å²) in [5.74, 6) is -0.627. The molecule has 0 atom stereocenters. The SMILES string of the molecule is CCOC(=O)c1ccc(NC(=O)CCCN(c2ccc(CC)cc2)S(C)(=O)=O)c(C)c1. The van der Waals surface area contributed by atoms with Crippen LogP contribution in [0.1, 0.15) is 48.2 Å². The number of carbonyl (C=O) groups excluding carboxylic acids is 2. The molecule has 0 fully saturated rings. The highest BCUT2D eigenvalue weighted by Crippen LogP contribution is 2.20. The number of sulfonamides is 1. The Morgan fingerprint density at radius 2 is 1.74 bits per heavy atom. The molecule has 2 aromatic rings. The van der Waals surface area contributed by atoms with Crippen molar-refractivity contribution in [3.8, 4) is 0 Å². The Morgan fingerprint density at radius 1 is 1.06 bits per heavy atom. The number of hydrogen-bond acceptors (Lipinski definition) is 5. The van der Waals surface area contributed by atoms with E-state index in [1.54, 1.807) is 44.2 Å². The lowest BCUT2D eigenvalue weighted by Gasteiger charge is -2.22. The van der Waals surface area contributed by atoms with Crippen molar-refractivity contribution in [2.75, 3.05) is 29.0 Å². The van der Waals surface area contributed by atoms with Crippen LogP contribution in [0.5, 0.6) is 0 Å². The third-order valence-corrected chi connectivity index (χ3v) is 6.00. The van der Waals surface area contributed by atoms with Crippen molar-refractivity contribution in [2.24, 2.45) is 0 Å². The number of amides is 1. The summed E-state index contributed by atoms with van der Waals surface area (Å²) in [4.78, 5) is 24.2. The number of rotatable bonds is 10. The summed E-state index contributed by atoms with van der Waals surface area (Å²) < 4.78 is 30.7. The lowest BCUT2D eigenvalue weighted by Crippen LogP contribution is -2.31. The summed E-state index contributed by atoms with van der Waals surface area (Å²) in [6, 6.07) is 12.3. The Morgan fingerprint density at radius 3 is 2.29 bits per heavy atom. The van der Waals surface area contributed by atoms with Crippen molar-refractivity contribution in [3.05, 3.63) is 59.2 Å². The van der Waals surface area contributed by atoms with Gasteiger partial charge in [-0.25, -0.2) is 13.2 Å². The van der Waals surface area contributed by atoms with Crippen LogP contribution >= 0.6 is 0 Å². The number of esters is 1.